The van der Waals surface area contributed by atoms with Gasteiger partial charge in [-0.05, 0) is 31.5 Å². The third kappa shape index (κ3) is 4.54. The van der Waals surface area contributed by atoms with Crippen LogP contribution in [0.2, 0.25) is 0 Å². The second-order valence-electron chi connectivity index (χ2n) is 6.04. The Morgan fingerprint density at radius 2 is 1.80 bits per heavy atom. The van der Waals surface area contributed by atoms with Gasteiger partial charge >= 0.3 is 6.03 Å². The maximum atomic E-state index is 13.6. The molecule has 1 aliphatic rings. The molecule has 0 aliphatic carbocycles. The summed E-state index contributed by atoms with van der Waals surface area (Å²) < 4.78 is 13.6. The molecule has 1 aliphatic heterocycles. The van der Waals surface area contributed by atoms with Gasteiger partial charge in [-0.15, -0.1) is 0 Å². The summed E-state index contributed by atoms with van der Waals surface area (Å²) >= 11 is 0. The molecule has 25 heavy (non-hydrogen) atoms. The van der Waals surface area contributed by atoms with Crippen LogP contribution in [0, 0.1) is 12.7 Å². The highest BCUT2D eigenvalue weighted by Gasteiger charge is 2.28. The van der Waals surface area contributed by atoms with Gasteiger partial charge in [-0.1, -0.05) is 6.07 Å². The Bertz CT molecular complexity index is 672. The van der Waals surface area contributed by atoms with Crippen molar-refractivity contribution in [3.63, 3.8) is 0 Å². The zero-order valence-electron chi connectivity index (χ0n) is 14.6. The number of amides is 4. The summed E-state index contributed by atoms with van der Waals surface area (Å²) in [6.45, 7) is 5.24. The van der Waals surface area contributed by atoms with Gasteiger partial charge in [0.1, 0.15) is 5.82 Å². The fraction of sp³-hybridized carbons (Fsp3) is 0.471. The van der Waals surface area contributed by atoms with Crippen LogP contribution in [0.4, 0.5) is 9.18 Å². The van der Waals surface area contributed by atoms with E-state index < -0.39 is 17.9 Å². The molecule has 7 nitrogen and oxygen atoms in total. The van der Waals surface area contributed by atoms with Gasteiger partial charge in [0.25, 0.3) is 5.91 Å². The van der Waals surface area contributed by atoms with Gasteiger partial charge in [-0.2, -0.15) is 0 Å². The van der Waals surface area contributed by atoms with Gasteiger partial charge in [0.05, 0.1) is 6.04 Å². The molecule has 2 N–H and O–H groups in total. The van der Waals surface area contributed by atoms with Crippen molar-refractivity contribution in [2.45, 2.75) is 19.9 Å². The van der Waals surface area contributed by atoms with Crippen LogP contribution in [0.15, 0.2) is 18.2 Å². The summed E-state index contributed by atoms with van der Waals surface area (Å²) in [4.78, 5) is 39.2. The topological polar surface area (TPSA) is 81.8 Å². The average molecular weight is 350 g/mol. The Balaban J connectivity index is 1.92. The number of urea groups is 1. The lowest BCUT2D eigenvalue weighted by Gasteiger charge is -2.37. The number of aryl methyl sites for hydroxylation is 1. The predicted molar refractivity (Wildman–Crippen MR) is 90.7 cm³/mol. The van der Waals surface area contributed by atoms with Gasteiger partial charge in [-0.25, -0.2) is 9.18 Å². The minimum absolute atomic E-state index is 0.221. The number of hydrogen-bond donors (Lipinski definition) is 2. The number of hydrogen-bond acceptors (Lipinski definition) is 4. The van der Waals surface area contributed by atoms with Crippen molar-refractivity contribution >= 4 is 17.8 Å². The molecule has 8 heteroatoms. The third-order valence-corrected chi connectivity index (χ3v) is 4.41. The van der Waals surface area contributed by atoms with E-state index >= 15 is 0 Å². The summed E-state index contributed by atoms with van der Waals surface area (Å²) in [5.41, 5.74) is 0.819. The first kappa shape index (κ1) is 18.9. The molecule has 0 bridgehead atoms. The van der Waals surface area contributed by atoms with Gasteiger partial charge in [0.15, 0.2) is 0 Å². The summed E-state index contributed by atoms with van der Waals surface area (Å²) in [5, 5.41) is 4.57. The molecule has 1 heterocycles. The Morgan fingerprint density at radius 1 is 1.16 bits per heavy atom. The van der Waals surface area contributed by atoms with Crippen molar-refractivity contribution in [3.05, 3.63) is 35.1 Å². The number of rotatable bonds is 3. The van der Waals surface area contributed by atoms with Crippen molar-refractivity contribution in [3.8, 4) is 0 Å². The van der Waals surface area contributed by atoms with E-state index in [2.05, 4.69) is 10.6 Å². The van der Waals surface area contributed by atoms with Gasteiger partial charge in [0.2, 0.25) is 5.91 Å². The Hall–Kier alpha value is -2.48. The number of nitrogens with zero attached hydrogens (tertiary/aromatic N) is 2. The largest absolute Gasteiger partial charge is 0.341 e. The fourth-order valence-electron chi connectivity index (χ4n) is 2.67. The zero-order valence-corrected chi connectivity index (χ0v) is 14.6. The Kier molecular flexibility index (Phi) is 6.08. The highest BCUT2D eigenvalue weighted by atomic mass is 19.1. The lowest BCUT2D eigenvalue weighted by molar-refractivity contribution is -0.125. The van der Waals surface area contributed by atoms with Crippen molar-refractivity contribution in [2.24, 2.45) is 0 Å². The SMILES string of the molecule is CNC(=O)NC(=O)C(C)N1CCN(C(=O)c2ccc(C)c(F)c2)CC1. The van der Waals surface area contributed by atoms with Crippen LogP contribution in [0.3, 0.4) is 0 Å². The van der Waals surface area contributed by atoms with E-state index in [0.29, 0.717) is 37.3 Å². The molecule has 0 saturated carbocycles. The van der Waals surface area contributed by atoms with Crippen LogP contribution >= 0.6 is 0 Å². The number of carbonyl (C=O) groups excluding carboxylic acids is 3. The monoisotopic (exact) mass is 350 g/mol. The van der Waals surface area contributed by atoms with E-state index in [4.69, 9.17) is 0 Å². The lowest BCUT2D eigenvalue weighted by Crippen LogP contribution is -2.56. The fourth-order valence-corrected chi connectivity index (χ4v) is 2.67. The van der Waals surface area contributed by atoms with E-state index in [1.54, 1.807) is 30.9 Å². The molecular formula is C17H23FN4O3. The minimum Gasteiger partial charge on any atom is -0.341 e. The Morgan fingerprint density at radius 3 is 2.36 bits per heavy atom. The number of halogens is 1. The highest BCUT2D eigenvalue weighted by Crippen LogP contribution is 2.14. The van der Waals surface area contributed by atoms with Gasteiger partial charge < -0.3 is 10.2 Å². The molecule has 1 saturated heterocycles. The average Bonchev–Trinajstić information content (AvgIpc) is 2.62. The second kappa shape index (κ2) is 8.06. The molecule has 2 rings (SSSR count). The molecule has 1 fully saturated rings. The normalized spacial score (nSPS) is 16.2. The summed E-state index contributed by atoms with van der Waals surface area (Å²) in [6, 6.07) is 3.43. The molecule has 1 atom stereocenters. The second-order valence-corrected chi connectivity index (χ2v) is 6.04. The van der Waals surface area contributed by atoms with Crippen molar-refractivity contribution in [1.82, 2.24) is 20.4 Å². The van der Waals surface area contributed by atoms with E-state index in [0.717, 1.165) is 0 Å². The van der Waals surface area contributed by atoms with Crippen LogP contribution in [0.25, 0.3) is 0 Å². The lowest BCUT2D eigenvalue weighted by atomic mass is 10.1. The quantitative estimate of drug-likeness (QED) is 0.842. The summed E-state index contributed by atoms with van der Waals surface area (Å²) in [6.07, 6.45) is 0. The van der Waals surface area contributed by atoms with Crippen molar-refractivity contribution < 1.29 is 18.8 Å². The first-order chi connectivity index (χ1) is 11.8. The molecular weight excluding hydrogens is 327 g/mol. The van der Waals surface area contributed by atoms with Crippen molar-refractivity contribution in [1.29, 1.82) is 0 Å². The van der Waals surface area contributed by atoms with Gasteiger partial charge in [0, 0.05) is 38.8 Å². The minimum atomic E-state index is -0.549. The predicted octanol–water partition coefficient (Wildman–Crippen LogP) is 0.736. The van der Waals surface area contributed by atoms with E-state index in [1.807, 2.05) is 4.90 Å². The van der Waals surface area contributed by atoms with Crippen LogP contribution in [-0.2, 0) is 4.79 Å². The van der Waals surface area contributed by atoms with Crippen LogP contribution < -0.4 is 10.6 Å². The van der Waals surface area contributed by atoms with Crippen LogP contribution in [-0.4, -0.2) is 66.9 Å². The highest BCUT2D eigenvalue weighted by molar-refractivity contribution is 5.97. The molecule has 1 aromatic carbocycles. The van der Waals surface area contributed by atoms with Crippen LogP contribution in [0.5, 0.6) is 0 Å². The number of carbonyl (C=O) groups is 3. The maximum absolute atomic E-state index is 13.6. The summed E-state index contributed by atoms with van der Waals surface area (Å²) in [7, 11) is 1.44. The van der Waals surface area contributed by atoms with Crippen LogP contribution in [0.1, 0.15) is 22.8 Å². The summed E-state index contributed by atoms with van der Waals surface area (Å²) in [5.74, 6) is -1.01. The first-order valence-corrected chi connectivity index (χ1v) is 8.15. The smallest absolute Gasteiger partial charge is 0.321 e. The van der Waals surface area contributed by atoms with E-state index in [1.165, 1.54) is 13.1 Å². The molecule has 1 unspecified atom stereocenters. The van der Waals surface area contributed by atoms with Gasteiger partial charge in [-0.3, -0.25) is 19.8 Å². The molecule has 136 valence electrons. The molecule has 4 amide bonds. The third-order valence-electron chi connectivity index (χ3n) is 4.41. The number of imide groups is 1. The van der Waals surface area contributed by atoms with E-state index in [9.17, 15) is 18.8 Å². The van der Waals surface area contributed by atoms with Crippen molar-refractivity contribution in [2.75, 3.05) is 33.2 Å². The number of benzene rings is 1. The molecule has 1 aromatic rings. The Labute approximate surface area is 146 Å². The molecule has 0 radical (unpaired) electrons. The standard InChI is InChI=1S/C17H23FN4O3/c1-11-4-5-13(10-14(11)18)16(24)22-8-6-21(7-9-22)12(2)15(23)20-17(25)19-3/h4-5,10,12H,6-9H2,1-3H3,(H2,19,20,23,25). The first-order valence-electron chi connectivity index (χ1n) is 8.15. The zero-order chi connectivity index (χ0) is 18.6. The number of piperazine rings is 1. The maximum Gasteiger partial charge on any atom is 0.321 e. The number of nitrogens with one attached hydrogen (secondary N) is 2. The molecule has 0 aromatic heterocycles. The molecule has 0 spiro atoms. The van der Waals surface area contributed by atoms with E-state index in [-0.39, 0.29) is 11.8 Å².